The van der Waals surface area contributed by atoms with Gasteiger partial charge >= 0.3 is 5.82 Å². The fraction of sp³-hybridized carbons (Fsp3) is 0.333. The van der Waals surface area contributed by atoms with E-state index in [1.165, 1.54) is 17.1 Å². The number of ether oxygens (including phenoxy) is 2. The molecule has 9 nitrogen and oxygen atoms in total. The molecule has 1 aliphatic heterocycles. The lowest BCUT2D eigenvalue weighted by molar-refractivity contribution is -0.389. The maximum absolute atomic E-state index is 11.8. The average Bonchev–Trinajstić information content (AvgIpc) is 3.03. The number of rotatable bonds is 6. The number of nitrogens with one attached hydrogen (secondary N) is 1. The lowest BCUT2D eigenvalue weighted by Gasteiger charge is -2.18. The Labute approximate surface area is 137 Å². The van der Waals surface area contributed by atoms with Crippen molar-refractivity contribution in [1.82, 2.24) is 14.9 Å². The molecule has 1 N–H and O–H groups in total. The van der Waals surface area contributed by atoms with Crippen molar-refractivity contribution >= 4 is 11.7 Å². The monoisotopic (exact) mass is 332 g/mol. The molecule has 24 heavy (non-hydrogen) atoms. The SMILES string of the molecule is O=C(Cn1cnc([N+](=O)[O-])c1)NCCc1ccc2c(c1)OCCO2. The van der Waals surface area contributed by atoms with Crippen molar-refractivity contribution in [3.63, 3.8) is 0 Å². The second kappa shape index (κ2) is 6.99. The summed E-state index contributed by atoms with van der Waals surface area (Å²) in [6, 6.07) is 5.69. The third-order valence-corrected chi connectivity index (χ3v) is 3.48. The number of nitro groups is 1. The molecule has 1 amide bonds. The van der Waals surface area contributed by atoms with Gasteiger partial charge in [-0.05, 0) is 34.0 Å². The molecule has 1 aliphatic rings. The molecule has 2 heterocycles. The Balaban J connectivity index is 1.47. The molecule has 0 saturated heterocycles. The fourth-order valence-electron chi connectivity index (χ4n) is 2.34. The Kier molecular flexibility index (Phi) is 4.59. The van der Waals surface area contributed by atoms with Gasteiger partial charge in [0.2, 0.25) is 12.2 Å². The Bertz CT molecular complexity index is 758. The molecular formula is C15H16N4O5. The number of imidazole rings is 1. The van der Waals surface area contributed by atoms with E-state index in [1.807, 2.05) is 18.2 Å². The van der Waals surface area contributed by atoms with Crippen LogP contribution in [0.1, 0.15) is 5.56 Å². The number of carbonyl (C=O) groups excluding carboxylic acids is 1. The normalized spacial score (nSPS) is 12.7. The fourth-order valence-corrected chi connectivity index (χ4v) is 2.34. The Morgan fingerprint density at radius 1 is 1.33 bits per heavy atom. The van der Waals surface area contributed by atoms with Crippen LogP contribution < -0.4 is 14.8 Å². The summed E-state index contributed by atoms with van der Waals surface area (Å²) < 4.78 is 12.3. The summed E-state index contributed by atoms with van der Waals surface area (Å²) in [7, 11) is 0. The third-order valence-electron chi connectivity index (χ3n) is 3.48. The van der Waals surface area contributed by atoms with E-state index >= 15 is 0 Å². The second-order valence-electron chi connectivity index (χ2n) is 5.24. The van der Waals surface area contributed by atoms with E-state index in [9.17, 15) is 14.9 Å². The van der Waals surface area contributed by atoms with Gasteiger partial charge in [-0.25, -0.2) is 0 Å². The highest BCUT2D eigenvalue weighted by Gasteiger charge is 2.13. The van der Waals surface area contributed by atoms with E-state index < -0.39 is 4.92 Å². The van der Waals surface area contributed by atoms with Crippen LogP contribution in [0.5, 0.6) is 11.5 Å². The van der Waals surface area contributed by atoms with Crippen LogP contribution in [0.25, 0.3) is 0 Å². The van der Waals surface area contributed by atoms with Gasteiger partial charge in [0.1, 0.15) is 26.0 Å². The summed E-state index contributed by atoms with van der Waals surface area (Å²) in [4.78, 5) is 25.4. The van der Waals surface area contributed by atoms with Gasteiger partial charge in [-0.15, -0.1) is 0 Å². The molecule has 1 aromatic heterocycles. The summed E-state index contributed by atoms with van der Waals surface area (Å²) in [6.07, 6.45) is 3.13. The zero-order valence-corrected chi connectivity index (χ0v) is 12.8. The van der Waals surface area contributed by atoms with Crippen molar-refractivity contribution in [3.05, 3.63) is 46.4 Å². The maximum Gasteiger partial charge on any atom is 0.381 e. The highest BCUT2D eigenvalue weighted by atomic mass is 16.6. The molecule has 0 bridgehead atoms. The first-order valence-electron chi connectivity index (χ1n) is 7.43. The summed E-state index contributed by atoms with van der Waals surface area (Å²) in [6.45, 7) is 1.52. The minimum absolute atomic E-state index is 0.0119. The minimum Gasteiger partial charge on any atom is -0.486 e. The number of amides is 1. The molecule has 0 saturated carbocycles. The van der Waals surface area contributed by atoms with Gasteiger partial charge in [0.25, 0.3) is 0 Å². The quantitative estimate of drug-likeness (QED) is 0.622. The largest absolute Gasteiger partial charge is 0.486 e. The highest BCUT2D eigenvalue weighted by Crippen LogP contribution is 2.30. The van der Waals surface area contributed by atoms with Crippen LogP contribution in [0.4, 0.5) is 5.82 Å². The standard InChI is InChI=1S/C15H16N4O5/c20-15(9-18-8-14(17-10-18)19(21)22)16-4-3-11-1-2-12-13(7-11)24-6-5-23-12/h1-2,7-8,10H,3-6,9H2,(H,16,20). The predicted octanol–water partition coefficient (Wildman–Crippen LogP) is 0.921. The van der Waals surface area contributed by atoms with Gasteiger partial charge in [-0.3, -0.25) is 4.79 Å². The number of aromatic nitrogens is 2. The van der Waals surface area contributed by atoms with Crippen LogP contribution >= 0.6 is 0 Å². The van der Waals surface area contributed by atoms with Crippen LogP contribution in [0.2, 0.25) is 0 Å². The molecule has 0 fully saturated rings. The van der Waals surface area contributed by atoms with Gasteiger partial charge in [0, 0.05) is 6.54 Å². The number of hydrogen-bond donors (Lipinski definition) is 1. The maximum atomic E-state index is 11.8. The van der Waals surface area contributed by atoms with Crippen LogP contribution in [0, 0.1) is 10.1 Å². The first-order chi connectivity index (χ1) is 11.6. The zero-order valence-electron chi connectivity index (χ0n) is 12.8. The van der Waals surface area contributed by atoms with Crippen LogP contribution in [-0.4, -0.2) is 40.1 Å². The lowest BCUT2D eigenvalue weighted by atomic mass is 10.1. The molecular weight excluding hydrogens is 316 g/mol. The average molecular weight is 332 g/mol. The van der Waals surface area contributed by atoms with Gasteiger partial charge in [0.15, 0.2) is 11.5 Å². The number of carbonyl (C=O) groups is 1. The summed E-state index contributed by atoms with van der Waals surface area (Å²) in [5, 5.41) is 13.3. The first kappa shape index (κ1) is 15.8. The topological polar surface area (TPSA) is 109 Å². The molecule has 0 spiro atoms. The molecule has 126 valence electrons. The molecule has 0 aliphatic carbocycles. The molecule has 3 rings (SSSR count). The smallest absolute Gasteiger partial charge is 0.381 e. The van der Waals surface area contributed by atoms with E-state index in [4.69, 9.17) is 9.47 Å². The van der Waals surface area contributed by atoms with Gasteiger partial charge in [-0.2, -0.15) is 0 Å². The lowest BCUT2D eigenvalue weighted by Crippen LogP contribution is -2.29. The number of fused-ring (bicyclic) bond motifs is 1. The Morgan fingerprint density at radius 2 is 2.12 bits per heavy atom. The van der Waals surface area contributed by atoms with E-state index in [2.05, 4.69) is 10.3 Å². The van der Waals surface area contributed by atoms with E-state index in [1.54, 1.807) is 0 Å². The van der Waals surface area contributed by atoms with Crippen molar-refractivity contribution in [2.24, 2.45) is 0 Å². The molecule has 1 aromatic carbocycles. The van der Waals surface area contributed by atoms with E-state index in [-0.39, 0.29) is 18.3 Å². The van der Waals surface area contributed by atoms with Crippen molar-refractivity contribution in [2.75, 3.05) is 19.8 Å². The van der Waals surface area contributed by atoms with Crippen molar-refractivity contribution in [3.8, 4) is 11.5 Å². The van der Waals surface area contributed by atoms with Crippen molar-refractivity contribution in [1.29, 1.82) is 0 Å². The summed E-state index contributed by atoms with van der Waals surface area (Å²) in [5.41, 5.74) is 1.03. The molecule has 0 unspecified atom stereocenters. The van der Waals surface area contributed by atoms with Gasteiger partial charge < -0.3 is 29.5 Å². The Morgan fingerprint density at radius 3 is 2.88 bits per heavy atom. The molecule has 2 aromatic rings. The number of hydrogen-bond acceptors (Lipinski definition) is 6. The number of benzene rings is 1. The molecule has 9 heteroatoms. The minimum atomic E-state index is -0.601. The van der Waals surface area contributed by atoms with E-state index in [0.29, 0.717) is 26.2 Å². The summed E-state index contributed by atoms with van der Waals surface area (Å²) >= 11 is 0. The second-order valence-corrected chi connectivity index (χ2v) is 5.24. The highest BCUT2D eigenvalue weighted by molar-refractivity contribution is 5.75. The van der Waals surface area contributed by atoms with Gasteiger partial charge in [0.05, 0.1) is 0 Å². The predicted molar refractivity (Wildman–Crippen MR) is 83.0 cm³/mol. The summed E-state index contributed by atoms with van der Waals surface area (Å²) in [5.74, 6) is 0.936. The number of nitrogens with zero attached hydrogens (tertiary/aromatic N) is 3. The molecule has 0 radical (unpaired) electrons. The molecule has 0 atom stereocenters. The zero-order chi connectivity index (χ0) is 16.9. The van der Waals surface area contributed by atoms with Crippen molar-refractivity contribution in [2.45, 2.75) is 13.0 Å². The first-order valence-corrected chi connectivity index (χ1v) is 7.43. The third kappa shape index (κ3) is 3.80. The van der Waals surface area contributed by atoms with Crippen molar-refractivity contribution < 1.29 is 19.2 Å². The van der Waals surface area contributed by atoms with Crippen LogP contribution in [-0.2, 0) is 17.8 Å². The Hall–Kier alpha value is -3.10. The van der Waals surface area contributed by atoms with Crippen LogP contribution in [0.15, 0.2) is 30.7 Å². The van der Waals surface area contributed by atoms with Crippen LogP contribution in [0.3, 0.4) is 0 Å². The van der Waals surface area contributed by atoms with E-state index in [0.717, 1.165) is 17.1 Å². The van der Waals surface area contributed by atoms with Gasteiger partial charge in [-0.1, -0.05) is 6.07 Å².